The first-order chi connectivity index (χ1) is 8.93. The lowest BCUT2D eigenvalue weighted by Crippen LogP contribution is -2.59. The van der Waals surface area contributed by atoms with Crippen LogP contribution in [-0.2, 0) is 0 Å². The summed E-state index contributed by atoms with van der Waals surface area (Å²) in [5.41, 5.74) is 0. The largest absolute Gasteiger partial charge is 0.311 e. The molecule has 3 atom stereocenters. The Hall–Kier alpha value is -0.0800. The molecule has 1 heterocycles. The Morgan fingerprint density at radius 1 is 1.05 bits per heavy atom. The van der Waals surface area contributed by atoms with E-state index in [0.29, 0.717) is 6.04 Å². The average Bonchev–Trinajstić information content (AvgIpc) is 2.30. The van der Waals surface area contributed by atoms with E-state index in [-0.39, 0.29) is 0 Å². The third-order valence-corrected chi connectivity index (χ3v) is 4.31. The molecule has 0 aromatic heterocycles. The molecule has 1 aliphatic heterocycles. The second-order valence-corrected chi connectivity index (χ2v) is 7.35. The molecule has 2 heteroatoms. The molecule has 114 valence electrons. The van der Waals surface area contributed by atoms with Crippen LogP contribution in [0.1, 0.15) is 67.2 Å². The van der Waals surface area contributed by atoms with Crippen LogP contribution < -0.4 is 5.32 Å². The van der Waals surface area contributed by atoms with E-state index < -0.39 is 0 Å². The molecule has 2 nitrogen and oxygen atoms in total. The van der Waals surface area contributed by atoms with Gasteiger partial charge in [0.05, 0.1) is 0 Å². The van der Waals surface area contributed by atoms with Crippen LogP contribution in [0.5, 0.6) is 0 Å². The van der Waals surface area contributed by atoms with Gasteiger partial charge in [-0.25, -0.2) is 0 Å². The number of hydrogen-bond donors (Lipinski definition) is 1. The molecule has 0 aromatic carbocycles. The monoisotopic (exact) mass is 268 g/mol. The van der Waals surface area contributed by atoms with Crippen molar-refractivity contribution in [2.24, 2.45) is 11.8 Å². The zero-order valence-electron chi connectivity index (χ0n) is 14.1. The Morgan fingerprint density at radius 2 is 1.68 bits per heavy atom. The summed E-state index contributed by atoms with van der Waals surface area (Å²) in [5.74, 6) is 1.59. The number of piperazine rings is 1. The number of nitrogens with one attached hydrogen (secondary N) is 1. The lowest BCUT2D eigenvalue weighted by Gasteiger charge is -2.45. The van der Waals surface area contributed by atoms with Crippen molar-refractivity contribution in [1.82, 2.24) is 10.2 Å². The van der Waals surface area contributed by atoms with Gasteiger partial charge in [0, 0.05) is 31.2 Å². The summed E-state index contributed by atoms with van der Waals surface area (Å²) < 4.78 is 0. The molecule has 19 heavy (non-hydrogen) atoms. The van der Waals surface area contributed by atoms with Gasteiger partial charge in [0.1, 0.15) is 0 Å². The fourth-order valence-corrected chi connectivity index (χ4v) is 3.50. The third kappa shape index (κ3) is 5.83. The summed E-state index contributed by atoms with van der Waals surface area (Å²) in [6.07, 6.45) is 5.27. The highest BCUT2D eigenvalue weighted by atomic mass is 15.2. The highest BCUT2D eigenvalue weighted by molar-refractivity contribution is 4.89. The Morgan fingerprint density at radius 3 is 2.21 bits per heavy atom. The average molecular weight is 268 g/mol. The van der Waals surface area contributed by atoms with Gasteiger partial charge in [0.2, 0.25) is 0 Å². The normalized spacial score (nSPS) is 27.2. The Labute approximate surface area is 121 Å². The highest BCUT2D eigenvalue weighted by Crippen LogP contribution is 2.22. The van der Waals surface area contributed by atoms with Gasteiger partial charge < -0.3 is 5.32 Å². The van der Waals surface area contributed by atoms with Crippen molar-refractivity contribution < 1.29 is 0 Å². The Balaban J connectivity index is 2.62. The summed E-state index contributed by atoms with van der Waals surface area (Å²) in [4.78, 5) is 2.80. The first-order valence-corrected chi connectivity index (χ1v) is 8.43. The molecule has 0 bridgehead atoms. The number of rotatable bonds is 7. The molecular formula is C17H36N2. The van der Waals surface area contributed by atoms with Crippen molar-refractivity contribution in [3.63, 3.8) is 0 Å². The van der Waals surface area contributed by atoms with E-state index in [9.17, 15) is 0 Å². The summed E-state index contributed by atoms with van der Waals surface area (Å²) in [6.45, 7) is 16.5. The zero-order valence-corrected chi connectivity index (χ0v) is 14.1. The lowest BCUT2D eigenvalue weighted by atomic mass is 9.93. The van der Waals surface area contributed by atoms with E-state index in [1.54, 1.807) is 0 Å². The van der Waals surface area contributed by atoms with Gasteiger partial charge in [-0.05, 0) is 38.0 Å². The molecule has 0 amide bonds. The Bertz CT molecular complexity index is 237. The zero-order chi connectivity index (χ0) is 14.4. The number of nitrogens with zero attached hydrogens (tertiary/aromatic N) is 1. The summed E-state index contributed by atoms with van der Waals surface area (Å²) in [7, 11) is 0. The molecule has 1 saturated heterocycles. The van der Waals surface area contributed by atoms with E-state index in [1.807, 2.05) is 0 Å². The summed E-state index contributed by atoms with van der Waals surface area (Å²) >= 11 is 0. The fraction of sp³-hybridized carbons (Fsp3) is 1.00. The second-order valence-electron chi connectivity index (χ2n) is 7.35. The predicted molar refractivity (Wildman–Crippen MR) is 85.6 cm³/mol. The molecule has 3 unspecified atom stereocenters. The molecule has 1 rings (SSSR count). The van der Waals surface area contributed by atoms with E-state index in [4.69, 9.17) is 0 Å². The van der Waals surface area contributed by atoms with Gasteiger partial charge in [0.25, 0.3) is 0 Å². The molecule has 0 aliphatic carbocycles. The lowest BCUT2D eigenvalue weighted by molar-refractivity contribution is 0.0670. The first kappa shape index (κ1) is 17.0. The van der Waals surface area contributed by atoms with Gasteiger partial charge in [0.15, 0.2) is 0 Å². The van der Waals surface area contributed by atoms with Crippen molar-refractivity contribution in [3.05, 3.63) is 0 Å². The van der Waals surface area contributed by atoms with Crippen molar-refractivity contribution >= 4 is 0 Å². The molecule has 1 fully saturated rings. The topological polar surface area (TPSA) is 15.3 Å². The van der Waals surface area contributed by atoms with Crippen LogP contribution in [0.4, 0.5) is 0 Å². The van der Waals surface area contributed by atoms with Crippen LogP contribution in [0.15, 0.2) is 0 Å². The standard InChI is InChI=1S/C17H36N2/c1-7-8-15(6)19-12-16(9-13(2)3)18-11-17(19)10-14(4)5/h13-18H,7-12H2,1-6H3. The van der Waals surface area contributed by atoms with Crippen molar-refractivity contribution in [3.8, 4) is 0 Å². The van der Waals surface area contributed by atoms with E-state index in [1.165, 1.54) is 38.8 Å². The minimum absolute atomic E-state index is 0.697. The van der Waals surface area contributed by atoms with Gasteiger partial charge in [-0.1, -0.05) is 41.0 Å². The van der Waals surface area contributed by atoms with E-state index in [2.05, 4.69) is 51.8 Å². The molecule has 1 aliphatic rings. The van der Waals surface area contributed by atoms with Gasteiger partial charge in [-0.15, -0.1) is 0 Å². The van der Waals surface area contributed by atoms with Gasteiger partial charge in [-0.2, -0.15) is 0 Å². The first-order valence-electron chi connectivity index (χ1n) is 8.43. The van der Waals surface area contributed by atoms with Crippen molar-refractivity contribution in [2.75, 3.05) is 13.1 Å². The second kappa shape index (κ2) is 8.26. The molecule has 1 N–H and O–H groups in total. The molecular weight excluding hydrogens is 232 g/mol. The molecule has 0 radical (unpaired) electrons. The van der Waals surface area contributed by atoms with Crippen LogP contribution >= 0.6 is 0 Å². The highest BCUT2D eigenvalue weighted by Gasteiger charge is 2.31. The Kier molecular flexibility index (Phi) is 7.38. The van der Waals surface area contributed by atoms with Crippen molar-refractivity contribution in [2.45, 2.75) is 85.4 Å². The van der Waals surface area contributed by atoms with E-state index >= 15 is 0 Å². The molecule has 0 saturated carbocycles. The van der Waals surface area contributed by atoms with Crippen LogP contribution in [-0.4, -0.2) is 36.1 Å². The smallest absolute Gasteiger partial charge is 0.0226 e. The molecule has 0 aromatic rings. The number of hydrogen-bond acceptors (Lipinski definition) is 2. The minimum Gasteiger partial charge on any atom is -0.311 e. The van der Waals surface area contributed by atoms with Crippen LogP contribution in [0.25, 0.3) is 0 Å². The van der Waals surface area contributed by atoms with Gasteiger partial charge in [-0.3, -0.25) is 4.90 Å². The SMILES string of the molecule is CCCC(C)N1CC(CC(C)C)NCC1CC(C)C. The quantitative estimate of drug-likeness (QED) is 0.753. The maximum atomic E-state index is 3.79. The molecule has 0 spiro atoms. The van der Waals surface area contributed by atoms with Crippen LogP contribution in [0, 0.1) is 11.8 Å². The maximum Gasteiger partial charge on any atom is 0.0226 e. The van der Waals surface area contributed by atoms with Crippen LogP contribution in [0.3, 0.4) is 0 Å². The van der Waals surface area contributed by atoms with E-state index in [0.717, 1.165) is 23.9 Å². The summed E-state index contributed by atoms with van der Waals surface area (Å²) in [6, 6.07) is 2.18. The predicted octanol–water partition coefficient (Wildman–Crippen LogP) is 3.91. The third-order valence-electron chi connectivity index (χ3n) is 4.31. The summed E-state index contributed by atoms with van der Waals surface area (Å²) in [5, 5.41) is 3.79. The van der Waals surface area contributed by atoms with Gasteiger partial charge >= 0.3 is 0 Å². The fourth-order valence-electron chi connectivity index (χ4n) is 3.50. The minimum atomic E-state index is 0.697. The van der Waals surface area contributed by atoms with Crippen molar-refractivity contribution in [1.29, 1.82) is 0 Å². The maximum absolute atomic E-state index is 3.79. The van der Waals surface area contributed by atoms with Crippen LogP contribution in [0.2, 0.25) is 0 Å².